The summed E-state index contributed by atoms with van der Waals surface area (Å²) in [5.74, 6) is 0.450. The maximum atomic E-state index is 11.9. The van der Waals surface area contributed by atoms with Crippen LogP contribution in [0.25, 0.3) is 0 Å². The average molecular weight is 275 g/mol. The van der Waals surface area contributed by atoms with Gasteiger partial charge in [-0.25, -0.2) is 19.4 Å². The minimum absolute atomic E-state index is 0.238. The van der Waals surface area contributed by atoms with Crippen molar-refractivity contribution < 1.29 is 9.53 Å². The van der Waals surface area contributed by atoms with E-state index in [2.05, 4.69) is 20.3 Å². The molecule has 106 valence electrons. The van der Waals surface area contributed by atoms with Crippen molar-refractivity contribution in [1.82, 2.24) is 25.0 Å². The predicted octanol–water partition coefficient (Wildman–Crippen LogP) is 1.24. The number of rotatable bonds is 5. The highest BCUT2D eigenvalue weighted by atomic mass is 16.5. The Bertz CT molecular complexity index is 580. The number of aromatic nitrogens is 5. The molecule has 0 fully saturated rings. The fourth-order valence-electron chi connectivity index (χ4n) is 1.56. The highest BCUT2D eigenvalue weighted by molar-refractivity contribution is 5.88. The van der Waals surface area contributed by atoms with E-state index in [9.17, 15) is 4.79 Å². The minimum atomic E-state index is -0.448. The molecule has 0 unspecified atom stereocenters. The van der Waals surface area contributed by atoms with E-state index in [1.807, 2.05) is 13.8 Å². The molecule has 0 aromatic carbocycles. The molecule has 0 aliphatic rings. The van der Waals surface area contributed by atoms with E-state index >= 15 is 0 Å². The summed E-state index contributed by atoms with van der Waals surface area (Å²) >= 11 is 0. The molecular weight excluding hydrogens is 258 g/mol. The summed E-state index contributed by atoms with van der Waals surface area (Å²) < 4.78 is 6.73. The zero-order valence-electron chi connectivity index (χ0n) is 11.8. The third-order valence-corrected chi connectivity index (χ3v) is 2.63. The number of esters is 1. The summed E-state index contributed by atoms with van der Waals surface area (Å²) in [5.41, 5.74) is 0.882. The second-order valence-electron chi connectivity index (χ2n) is 4.84. The molecule has 0 aliphatic carbocycles. The maximum absolute atomic E-state index is 11.9. The van der Waals surface area contributed by atoms with Gasteiger partial charge in [-0.15, -0.1) is 5.10 Å². The monoisotopic (exact) mass is 275 g/mol. The van der Waals surface area contributed by atoms with Crippen LogP contribution in [0, 0.1) is 12.8 Å². The smallest absolute Gasteiger partial charge is 0.360 e. The van der Waals surface area contributed by atoms with Gasteiger partial charge < -0.3 is 4.74 Å². The number of hydrogen-bond acceptors (Lipinski definition) is 6. The number of nitrogens with zero attached hydrogens (tertiary/aromatic N) is 5. The molecule has 2 aromatic rings. The summed E-state index contributed by atoms with van der Waals surface area (Å²) in [4.78, 5) is 20.1. The molecule has 20 heavy (non-hydrogen) atoms. The highest BCUT2D eigenvalue weighted by Crippen LogP contribution is 2.08. The molecule has 0 saturated carbocycles. The van der Waals surface area contributed by atoms with Gasteiger partial charge in [-0.05, 0) is 18.9 Å². The van der Waals surface area contributed by atoms with Crippen molar-refractivity contribution in [1.29, 1.82) is 0 Å². The van der Waals surface area contributed by atoms with Crippen LogP contribution in [0.15, 0.2) is 18.5 Å². The van der Waals surface area contributed by atoms with Crippen LogP contribution in [0.4, 0.5) is 0 Å². The van der Waals surface area contributed by atoms with Gasteiger partial charge in [0.05, 0.1) is 12.3 Å². The van der Waals surface area contributed by atoms with Crippen molar-refractivity contribution in [2.24, 2.45) is 5.92 Å². The van der Waals surface area contributed by atoms with Gasteiger partial charge in [0.25, 0.3) is 0 Å². The number of carbonyl (C=O) groups excluding carboxylic acids is 1. The summed E-state index contributed by atoms with van der Waals surface area (Å²) in [5, 5.41) is 7.82. The fraction of sp³-hybridized carbons (Fsp3) is 0.462. The molecule has 2 aromatic heterocycles. The first kappa shape index (κ1) is 14.1. The van der Waals surface area contributed by atoms with Crippen LogP contribution < -0.4 is 0 Å². The molecule has 7 nitrogen and oxygen atoms in total. The van der Waals surface area contributed by atoms with Crippen molar-refractivity contribution in [3.05, 3.63) is 35.7 Å². The second kappa shape index (κ2) is 6.23. The molecule has 0 bridgehead atoms. The zero-order valence-corrected chi connectivity index (χ0v) is 11.8. The van der Waals surface area contributed by atoms with Crippen LogP contribution in [0.5, 0.6) is 0 Å². The number of hydrogen-bond donors (Lipinski definition) is 0. The lowest BCUT2D eigenvalue weighted by Crippen LogP contribution is -2.12. The van der Waals surface area contributed by atoms with Gasteiger partial charge in [-0.3, -0.25) is 0 Å². The average Bonchev–Trinajstić information content (AvgIpc) is 2.79. The van der Waals surface area contributed by atoms with Gasteiger partial charge in [-0.1, -0.05) is 19.1 Å². The quantitative estimate of drug-likeness (QED) is 0.763. The Morgan fingerprint density at radius 2 is 2.05 bits per heavy atom. The van der Waals surface area contributed by atoms with E-state index in [0.717, 1.165) is 0 Å². The second-order valence-corrected chi connectivity index (χ2v) is 4.84. The number of carbonyl (C=O) groups is 1. The fourth-order valence-corrected chi connectivity index (χ4v) is 1.56. The Morgan fingerprint density at radius 1 is 1.35 bits per heavy atom. The van der Waals surface area contributed by atoms with Crippen LogP contribution in [0.2, 0.25) is 0 Å². The first-order valence-electron chi connectivity index (χ1n) is 6.41. The van der Waals surface area contributed by atoms with Gasteiger partial charge in [0.2, 0.25) is 0 Å². The lowest BCUT2D eigenvalue weighted by Gasteiger charge is -2.06. The molecule has 2 rings (SSSR count). The molecule has 0 spiro atoms. The summed E-state index contributed by atoms with van der Waals surface area (Å²) in [6.07, 6.45) is 3.32. The van der Waals surface area contributed by atoms with Gasteiger partial charge in [0, 0.05) is 12.4 Å². The molecule has 0 atom stereocenters. The topological polar surface area (TPSA) is 82.8 Å². The predicted molar refractivity (Wildman–Crippen MR) is 71.0 cm³/mol. The third kappa shape index (κ3) is 3.37. The Kier molecular flexibility index (Phi) is 4.39. The largest absolute Gasteiger partial charge is 0.461 e. The van der Waals surface area contributed by atoms with Crippen LogP contribution in [-0.4, -0.2) is 37.5 Å². The molecule has 7 heteroatoms. The molecule has 0 saturated heterocycles. The molecular formula is C13H17N5O2. The first-order chi connectivity index (χ1) is 9.58. The standard InChI is InChI=1S/C13H17N5O2/c1-9(2)8-20-13(19)12-10(3)18(17-16-12)7-11-14-5-4-6-15-11/h4-6,9H,7-8H2,1-3H3. The van der Waals surface area contributed by atoms with Crippen LogP contribution >= 0.6 is 0 Å². The van der Waals surface area contributed by atoms with Gasteiger partial charge in [0.1, 0.15) is 12.4 Å². The Morgan fingerprint density at radius 3 is 2.70 bits per heavy atom. The van der Waals surface area contributed by atoms with E-state index in [-0.39, 0.29) is 11.6 Å². The zero-order chi connectivity index (χ0) is 14.5. The van der Waals surface area contributed by atoms with Gasteiger partial charge in [0.15, 0.2) is 5.69 Å². The maximum Gasteiger partial charge on any atom is 0.360 e. The molecule has 0 aliphatic heterocycles. The van der Waals surface area contributed by atoms with E-state index in [1.165, 1.54) is 0 Å². The lowest BCUT2D eigenvalue weighted by molar-refractivity contribution is 0.0451. The highest BCUT2D eigenvalue weighted by Gasteiger charge is 2.18. The van der Waals surface area contributed by atoms with Crippen molar-refractivity contribution in [2.45, 2.75) is 27.3 Å². The summed E-state index contributed by atoms with van der Waals surface area (Å²) in [7, 11) is 0. The van der Waals surface area contributed by atoms with Gasteiger partial charge in [-0.2, -0.15) is 0 Å². The van der Waals surface area contributed by atoms with Gasteiger partial charge >= 0.3 is 5.97 Å². The molecule has 2 heterocycles. The van der Waals surface area contributed by atoms with E-state index < -0.39 is 5.97 Å². The van der Waals surface area contributed by atoms with Crippen LogP contribution in [0.1, 0.15) is 35.9 Å². The Balaban J connectivity index is 2.09. The van der Waals surface area contributed by atoms with Crippen molar-refractivity contribution >= 4 is 5.97 Å². The number of ether oxygens (including phenoxy) is 1. The van der Waals surface area contributed by atoms with Crippen molar-refractivity contribution in [3.8, 4) is 0 Å². The molecule has 0 amide bonds. The third-order valence-electron chi connectivity index (χ3n) is 2.63. The molecule has 0 radical (unpaired) electrons. The summed E-state index contributed by atoms with van der Waals surface area (Å²) in [6, 6.07) is 1.74. The Labute approximate surface area is 117 Å². The van der Waals surface area contributed by atoms with E-state index in [4.69, 9.17) is 4.74 Å². The summed E-state index contributed by atoms with van der Waals surface area (Å²) in [6.45, 7) is 6.46. The Hall–Kier alpha value is -2.31. The first-order valence-corrected chi connectivity index (χ1v) is 6.41. The minimum Gasteiger partial charge on any atom is -0.461 e. The lowest BCUT2D eigenvalue weighted by atomic mass is 10.2. The normalized spacial score (nSPS) is 10.8. The van der Waals surface area contributed by atoms with Crippen molar-refractivity contribution in [2.75, 3.05) is 6.61 Å². The molecule has 0 N–H and O–H groups in total. The van der Waals surface area contributed by atoms with Crippen LogP contribution in [0.3, 0.4) is 0 Å². The van der Waals surface area contributed by atoms with E-state index in [1.54, 1.807) is 30.1 Å². The SMILES string of the molecule is Cc1c(C(=O)OCC(C)C)nnn1Cc1ncccn1. The van der Waals surface area contributed by atoms with Crippen LogP contribution in [-0.2, 0) is 11.3 Å². The van der Waals surface area contributed by atoms with E-state index in [0.29, 0.717) is 24.7 Å². The van der Waals surface area contributed by atoms with Crippen molar-refractivity contribution in [3.63, 3.8) is 0 Å².